The lowest BCUT2D eigenvalue weighted by atomic mass is 10.1. The van der Waals surface area contributed by atoms with Crippen LogP contribution in [0.5, 0.6) is 0 Å². The minimum atomic E-state index is -0.517. The zero-order valence-corrected chi connectivity index (χ0v) is 15.4. The number of primary amides is 1. The van der Waals surface area contributed by atoms with Crippen LogP contribution in [0, 0.1) is 0 Å². The van der Waals surface area contributed by atoms with Crippen LogP contribution in [0.15, 0.2) is 47.2 Å². The van der Waals surface area contributed by atoms with E-state index in [0.717, 1.165) is 5.56 Å². The highest BCUT2D eigenvalue weighted by atomic mass is 79.9. The number of pyridine rings is 1. The van der Waals surface area contributed by atoms with Crippen LogP contribution in [0.25, 0.3) is 5.65 Å². The number of hydrogen-bond acceptors (Lipinski definition) is 4. The molecule has 8 heteroatoms. The molecule has 1 aromatic carbocycles. The van der Waals surface area contributed by atoms with Gasteiger partial charge in [0.05, 0.1) is 16.2 Å². The number of rotatable bonds is 5. The number of hydrogen-bond donors (Lipinski definition) is 1. The maximum atomic E-state index is 12.8. The van der Waals surface area contributed by atoms with Crippen LogP contribution in [0.1, 0.15) is 36.8 Å². The van der Waals surface area contributed by atoms with E-state index in [0.29, 0.717) is 39.8 Å². The van der Waals surface area contributed by atoms with Crippen LogP contribution >= 0.6 is 15.9 Å². The van der Waals surface area contributed by atoms with Gasteiger partial charge in [0.25, 0.3) is 5.91 Å². The Bertz CT molecular complexity index is 1030. The van der Waals surface area contributed by atoms with E-state index in [1.807, 2.05) is 6.07 Å². The number of carbonyl (C=O) groups is 3. The van der Waals surface area contributed by atoms with E-state index < -0.39 is 5.91 Å². The third kappa shape index (κ3) is 3.36. The van der Waals surface area contributed by atoms with Gasteiger partial charge in [-0.1, -0.05) is 12.1 Å². The van der Waals surface area contributed by atoms with E-state index in [4.69, 9.17) is 5.73 Å². The van der Waals surface area contributed by atoms with E-state index in [1.165, 1.54) is 11.1 Å². The van der Waals surface area contributed by atoms with Crippen LogP contribution in [0.3, 0.4) is 0 Å². The van der Waals surface area contributed by atoms with Crippen molar-refractivity contribution in [2.24, 2.45) is 5.73 Å². The molecule has 2 N–H and O–H groups in total. The first-order valence-corrected chi connectivity index (χ1v) is 8.46. The standard InChI is InChI=1S/C18H15BrN4O3/c1-22(8-11-3-2-4-12(5-11)16(20)25)18(26)13-6-15(19)17-21-7-14(10-24)23(17)9-13/h2-7,9-10H,8H2,1H3,(H2,20,25). The molecule has 2 amide bonds. The molecule has 0 atom stereocenters. The average Bonchev–Trinajstić information content (AvgIpc) is 3.04. The Morgan fingerprint density at radius 3 is 2.77 bits per heavy atom. The fraction of sp³-hybridized carbons (Fsp3) is 0.111. The van der Waals surface area contributed by atoms with Crippen molar-refractivity contribution in [3.63, 3.8) is 0 Å². The number of fused-ring (bicyclic) bond motifs is 1. The van der Waals surface area contributed by atoms with Crippen molar-refractivity contribution in [2.75, 3.05) is 7.05 Å². The highest BCUT2D eigenvalue weighted by Gasteiger charge is 2.16. The number of halogens is 1. The van der Waals surface area contributed by atoms with Crippen LogP contribution in [0.2, 0.25) is 0 Å². The summed E-state index contributed by atoms with van der Waals surface area (Å²) in [5.74, 6) is -0.751. The van der Waals surface area contributed by atoms with Gasteiger partial charge in [0.1, 0.15) is 5.69 Å². The normalized spacial score (nSPS) is 10.7. The molecule has 3 rings (SSSR count). The molecule has 0 radical (unpaired) electrons. The van der Waals surface area contributed by atoms with Gasteiger partial charge in [0.15, 0.2) is 11.9 Å². The largest absolute Gasteiger partial charge is 0.366 e. The summed E-state index contributed by atoms with van der Waals surface area (Å²) in [4.78, 5) is 40.9. The lowest BCUT2D eigenvalue weighted by Gasteiger charge is -2.18. The van der Waals surface area contributed by atoms with Crippen molar-refractivity contribution in [3.05, 3.63) is 69.6 Å². The number of benzene rings is 1. The minimum absolute atomic E-state index is 0.234. The summed E-state index contributed by atoms with van der Waals surface area (Å²) in [5.41, 5.74) is 7.78. The molecule has 26 heavy (non-hydrogen) atoms. The average molecular weight is 415 g/mol. The molecule has 0 fully saturated rings. The monoisotopic (exact) mass is 414 g/mol. The third-order valence-corrected chi connectivity index (χ3v) is 4.52. The highest BCUT2D eigenvalue weighted by molar-refractivity contribution is 9.10. The predicted octanol–water partition coefficient (Wildman–Crippen LogP) is 2.28. The zero-order valence-electron chi connectivity index (χ0n) is 13.8. The van der Waals surface area contributed by atoms with Crippen LogP contribution < -0.4 is 5.73 Å². The maximum Gasteiger partial charge on any atom is 0.255 e. The Kier molecular flexibility index (Phi) is 4.85. The summed E-state index contributed by atoms with van der Waals surface area (Å²) >= 11 is 3.38. The molecule has 2 heterocycles. The first-order valence-electron chi connectivity index (χ1n) is 7.66. The second kappa shape index (κ2) is 7.09. The van der Waals surface area contributed by atoms with Crippen molar-refractivity contribution in [1.82, 2.24) is 14.3 Å². The zero-order chi connectivity index (χ0) is 18.8. The van der Waals surface area contributed by atoms with Gasteiger partial charge in [-0.15, -0.1) is 0 Å². The van der Waals surface area contributed by atoms with Gasteiger partial charge in [0, 0.05) is 25.4 Å². The molecule has 0 unspecified atom stereocenters. The van der Waals surface area contributed by atoms with E-state index >= 15 is 0 Å². The SMILES string of the molecule is CN(Cc1cccc(C(N)=O)c1)C(=O)c1cc(Br)c2ncc(C=O)n2c1. The number of aldehydes is 1. The lowest BCUT2D eigenvalue weighted by molar-refractivity contribution is 0.0784. The summed E-state index contributed by atoms with van der Waals surface area (Å²) in [6.45, 7) is 0.306. The molecule has 0 aliphatic rings. The molecule has 0 aliphatic heterocycles. The Morgan fingerprint density at radius 2 is 2.08 bits per heavy atom. The molecule has 132 valence electrons. The van der Waals surface area contributed by atoms with Gasteiger partial charge in [-0.25, -0.2) is 4.98 Å². The second-order valence-electron chi connectivity index (χ2n) is 5.80. The summed E-state index contributed by atoms with van der Waals surface area (Å²) in [5, 5.41) is 0. The Balaban J connectivity index is 1.89. The molecular formula is C18H15BrN4O3. The molecule has 0 spiro atoms. The topological polar surface area (TPSA) is 97.8 Å². The number of aromatic nitrogens is 2. The summed E-state index contributed by atoms with van der Waals surface area (Å²) < 4.78 is 2.17. The Hall–Kier alpha value is -3.00. The van der Waals surface area contributed by atoms with Gasteiger partial charge >= 0.3 is 0 Å². The molecule has 0 saturated carbocycles. The molecule has 0 saturated heterocycles. The van der Waals surface area contributed by atoms with E-state index in [2.05, 4.69) is 20.9 Å². The minimum Gasteiger partial charge on any atom is -0.366 e. The molecule has 3 aromatic rings. The Labute approximate surface area is 157 Å². The maximum absolute atomic E-state index is 12.8. The van der Waals surface area contributed by atoms with Crippen molar-refractivity contribution < 1.29 is 14.4 Å². The fourth-order valence-electron chi connectivity index (χ4n) is 2.66. The lowest BCUT2D eigenvalue weighted by Crippen LogP contribution is -2.26. The van der Waals surface area contributed by atoms with Crippen molar-refractivity contribution in [3.8, 4) is 0 Å². The van der Waals surface area contributed by atoms with Crippen molar-refractivity contribution in [2.45, 2.75) is 6.54 Å². The van der Waals surface area contributed by atoms with Crippen LogP contribution in [-0.4, -0.2) is 39.4 Å². The predicted molar refractivity (Wildman–Crippen MR) is 99.0 cm³/mol. The number of imidazole rings is 1. The molecule has 0 bridgehead atoms. The van der Waals surface area contributed by atoms with Crippen LogP contribution in [0.4, 0.5) is 0 Å². The highest BCUT2D eigenvalue weighted by Crippen LogP contribution is 2.21. The van der Waals surface area contributed by atoms with Gasteiger partial charge < -0.3 is 10.6 Å². The summed E-state index contributed by atoms with van der Waals surface area (Å²) in [7, 11) is 1.66. The van der Waals surface area contributed by atoms with E-state index in [1.54, 1.807) is 41.9 Å². The molecule has 2 aromatic heterocycles. The third-order valence-electron chi connectivity index (χ3n) is 3.94. The van der Waals surface area contributed by atoms with E-state index in [-0.39, 0.29) is 5.91 Å². The first-order chi connectivity index (χ1) is 12.4. The van der Waals surface area contributed by atoms with E-state index in [9.17, 15) is 14.4 Å². The number of nitrogens with two attached hydrogens (primary N) is 1. The van der Waals surface area contributed by atoms with Gasteiger partial charge in [-0.05, 0) is 39.7 Å². The van der Waals surface area contributed by atoms with Gasteiger partial charge in [-0.3, -0.25) is 18.8 Å². The summed E-state index contributed by atoms with van der Waals surface area (Å²) in [6, 6.07) is 8.48. The first kappa shape index (κ1) is 17.8. The smallest absolute Gasteiger partial charge is 0.255 e. The number of nitrogens with zero attached hydrogens (tertiary/aromatic N) is 3. The number of amides is 2. The molecular weight excluding hydrogens is 400 g/mol. The molecule has 0 aliphatic carbocycles. The Morgan fingerprint density at radius 1 is 1.31 bits per heavy atom. The fourth-order valence-corrected chi connectivity index (χ4v) is 3.20. The summed E-state index contributed by atoms with van der Waals surface area (Å²) in [6.07, 6.45) is 3.70. The van der Waals surface area contributed by atoms with Crippen molar-refractivity contribution >= 4 is 39.7 Å². The number of carbonyl (C=O) groups excluding carboxylic acids is 3. The van der Waals surface area contributed by atoms with Gasteiger partial charge in [-0.2, -0.15) is 0 Å². The van der Waals surface area contributed by atoms with Gasteiger partial charge in [0.2, 0.25) is 5.91 Å². The quantitative estimate of drug-likeness (QED) is 0.647. The molecule has 7 nitrogen and oxygen atoms in total. The van der Waals surface area contributed by atoms with Crippen LogP contribution in [-0.2, 0) is 6.54 Å². The van der Waals surface area contributed by atoms with Crippen molar-refractivity contribution in [1.29, 1.82) is 0 Å². The second-order valence-corrected chi connectivity index (χ2v) is 6.65.